The van der Waals surface area contributed by atoms with Gasteiger partial charge in [0.15, 0.2) is 11.6 Å². The Hall–Kier alpha value is -0.760. The maximum Gasteiger partial charge on any atom is 0.240 e. The highest BCUT2D eigenvalue weighted by Crippen LogP contribution is 2.14. The highest BCUT2D eigenvalue weighted by atomic mass is 35.5. The van der Waals surface area contributed by atoms with Crippen LogP contribution >= 0.6 is 12.4 Å². The van der Waals surface area contributed by atoms with Crippen LogP contribution in [0.2, 0.25) is 0 Å². The number of sulfonamides is 1. The van der Waals surface area contributed by atoms with E-state index in [1.807, 2.05) is 0 Å². The van der Waals surface area contributed by atoms with Gasteiger partial charge in [-0.25, -0.2) is 21.9 Å². The van der Waals surface area contributed by atoms with Gasteiger partial charge in [-0.15, -0.1) is 12.4 Å². The van der Waals surface area contributed by atoms with E-state index in [2.05, 4.69) is 10.0 Å². The molecular weight excluding hydrogens is 298 g/mol. The predicted octanol–water partition coefficient (Wildman–Crippen LogP) is 1.27. The lowest BCUT2D eigenvalue weighted by atomic mass is 10.1. The summed E-state index contributed by atoms with van der Waals surface area (Å²) < 4.78 is 51.8. The van der Waals surface area contributed by atoms with E-state index in [-0.39, 0.29) is 23.2 Å². The molecule has 0 bridgehead atoms. The minimum Gasteiger partial charge on any atom is -0.316 e. The van der Waals surface area contributed by atoms with Crippen molar-refractivity contribution < 1.29 is 17.2 Å². The Kier molecular flexibility index (Phi) is 5.66. The van der Waals surface area contributed by atoms with Gasteiger partial charge in [0.2, 0.25) is 10.0 Å². The second-order valence-electron chi connectivity index (χ2n) is 4.29. The van der Waals surface area contributed by atoms with Gasteiger partial charge in [-0.1, -0.05) is 0 Å². The van der Waals surface area contributed by atoms with Crippen molar-refractivity contribution >= 4 is 22.4 Å². The van der Waals surface area contributed by atoms with Gasteiger partial charge in [-0.3, -0.25) is 0 Å². The monoisotopic (exact) mass is 312 g/mol. The molecule has 0 aliphatic carbocycles. The van der Waals surface area contributed by atoms with Crippen molar-refractivity contribution in [2.45, 2.75) is 11.3 Å². The van der Waals surface area contributed by atoms with Crippen LogP contribution in [-0.2, 0) is 10.0 Å². The molecule has 2 N–H and O–H groups in total. The third-order valence-electron chi connectivity index (χ3n) is 2.93. The van der Waals surface area contributed by atoms with Crippen molar-refractivity contribution in [2.75, 3.05) is 19.6 Å². The standard InChI is InChI=1S/C11H14F2N2O2S.ClH/c12-10-2-1-9(5-11(10)13)18(16,17)15-7-8-3-4-14-6-8;/h1-2,5,8,14-15H,3-4,6-7H2;1H. The molecule has 0 aromatic heterocycles. The van der Waals surface area contributed by atoms with Crippen molar-refractivity contribution in [3.63, 3.8) is 0 Å². The highest BCUT2D eigenvalue weighted by molar-refractivity contribution is 7.89. The molecule has 0 spiro atoms. The van der Waals surface area contributed by atoms with Crippen LogP contribution in [0.1, 0.15) is 6.42 Å². The molecule has 1 aromatic rings. The third kappa shape index (κ3) is 4.10. The maximum atomic E-state index is 13.0. The molecule has 1 unspecified atom stereocenters. The van der Waals surface area contributed by atoms with Gasteiger partial charge in [-0.05, 0) is 43.6 Å². The minimum atomic E-state index is -3.77. The lowest BCUT2D eigenvalue weighted by Gasteiger charge is -2.10. The zero-order valence-corrected chi connectivity index (χ0v) is 11.7. The molecule has 1 saturated heterocycles. The van der Waals surface area contributed by atoms with Crippen LogP contribution in [0.25, 0.3) is 0 Å². The lowest BCUT2D eigenvalue weighted by Crippen LogP contribution is -2.30. The Morgan fingerprint density at radius 2 is 2.05 bits per heavy atom. The van der Waals surface area contributed by atoms with Crippen molar-refractivity contribution in [3.8, 4) is 0 Å². The van der Waals surface area contributed by atoms with Crippen molar-refractivity contribution in [3.05, 3.63) is 29.8 Å². The number of hydrogen-bond acceptors (Lipinski definition) is 3. The molecule has 1 aliphatic heterocycles. The van der Waals surface area contributed by atoms with Gasteiger partial charge in [0.25, 0.3) is 0 Å². The van der Waals surface area contributed by atoms with Crippen LogP contribution in [0.3, 0.4) is 0 Å². The van der Waals surface area contributed by atoms with Crippen LogP contribution in [0.15, 0.2) is 23.1 Å². The van der Waals surface area contributed by atoms with Crippen LogP contribution < -0.4 is 10.0 Å². The van der Waals surface area contributed by atoms with E-state index in [1.54, 1.807) is 0 Å². The van der Waals surface area contributed by atoms with Crippen LogP contribution in [0.5, 0.6) is 0 Å². The van der Waals surface area contributed by atoms with E-state index in [0.717, 1.165) is 31.6 Å². The van der Waals surface area contributed by atoms with E-state index in [0.29, 0.717) is 12.6 Å². The summed E-state index contributed by atoms with van der Waals surface area (Å²) in [5.74, 6) is -1.99. The normalized spacial score (nSPS) is 19.2. The number of nitrogens with one attached hydrogen (secondary N) is 2. The SMILES string of the molecule is Cl.O=S(=O)(NCC1CCNC1)c1ccc(F)c(F)c1. The Balaban J connectivity index is 0.00000180. The van der Waals surface area contributed by atoms with E-state index >= 15 is 0 Å². The topological polar surface area (TPSA) is 58.2 Å². The zero-order valence-electron chi connectivity index (χ0n) is 10.0. The Morgan fingerprint density at radius 1 is 1.32 bits per heavy atom. The summed E-state index contributed by atoms with van der Waals surface area (Å²) in [6.45, 7) is 1.94. The van der Waals surface area contributed by atoms with Gasteiger partial charge >= 0.3 is 0 Å². The van der Waals surface area contributed by atoms with E-state index in [1.165, 1.54) is 0 Å². The number of rotatable bonds is 4. The first kappa shape index (κ1) is 16.3. The Morgan fingerprint density at radius 3 is 2.63 bits per heavy atom. The van der Waals surface area contributed by atoms with Gasteiger partial charge in [-0.2, -0.15) is 0 Å². The second-order valence-corrected chi connectivity index (χ2v) is 6.05. The molecule has 0 saturated carbocycles. The molecule has 1 heterocycles. The van der Waals surface area contributed by atoms with E-state index in [4.69, 9.17) is 0 Å². The Bertz CT molecular complexity index is 533. The van der Waals surface area contributed by atoms with Crippen molar-refractivity contribution in [1.82, 2.24) is 10.0 Å². The smallest absolute Gasteiger partial charge is 0.240 e. The highest BCUT2D eigenvalue weighted by Gasteiger charge is 2.20. The van der Waals surface area contributed by atoms with E-state index in [9.17, 15) is 17.2 Å². The predicted molar refractivity (Wildman–Crippen MR) is 69.8 cm³/mol. The number of benzene rings is 1. The van der Waals surface area contributed by atoms with Crippen molar-refractivity contribution in [2.24, 2.45) is 5.92 Å². The molecule has 8 heteroatoms. The number of halogens is 3. The summed E-state index contributed by atoms with van der Waals surface area (Å²) in [6, 6.07) is 2.54. The first-order valence-corrected chi connectivity index (χ1v) is 7.13. The van der Waals surface area contributed by atoms with Crippen LogP contribution in [0, 0.1) is 17.6 Å². The molecule has 0 amide bonds. The first-order valence-electron chi connectivity index (χ1n) is 5.64. The second kappa shape index (κ2) is 6.60. The fourth-order valence-electron chi connectivity index (χ4n) is 1.84. The summed E-state index contributed by atoms with van der Waals surface area (Å²) in [5, 5.41) is 3.12. The van der Waals surface area contributed by atoms with Gasteiger partial charge in [0.05, 0.1) is 4.90 Å². The third-order valence-corrected chi connectivity index (χ3v) is 4.35. The fourth-order valence-corrected chi connectivity index (χ4v) is 2.97. The number of hydrogen-bond donors (Lipinski definition) is 2. The van der Waals surface area contributed by atoms with Gasteiger partial charge < -0.3 is 5.32 Å². The molecule has 1 aliphatic rings. The first-order chi connectivity index (χ1) is 8.49. The summed E-state index contributed by atoms with van der Waals surface area (Å²) in [6.07, 6.45) is 0.903. The molecule has 1 aromatic carbocycles. The molecule has 4 nitrogen and oxygen atoms in total. The summed E-state index contributed by atoms with van der Waals surface area (Å²) in [7, 11) is -3.77. The molecule has 0 radical (unpaired) electrons. The van der Waals surface area contributed by atoms with Crippen LogP contribution in [0.4, 0.5) is 8.78 Å². The van der Waals surface area contributed by atoms with Gasteiger partial charge in [0, 0.05) is 6.54 Å². The molecule has 2 rings (SSSR count). The largest absolute Gasteiger partial charge is 0.316 e. The zero-order chi connectivity index (χ0) is 13.2. The molecule has 19 heavy (non-hydrogen) atoms. The van der Waals surface area contributed by atoms with E-state index < -0.39 is 21.7 Å². The fraction of sp³-hybridized carbons (Fsp3) is 0.455. The molecular formula is C11H15ClF2N2O2S. The molecule has 1 fully saturated rings. The summed E-state index contributed by atoms with van der Waals surface area (Å²) in [4.78, 5) is -0.257. The average molecular weight is 313 g/mol. The summed E-state index contributed by atoms with van der Waals surface area (Å²) >= 11 is 0. The Labute approximate surface area is 117 Å². The van der Waals surface area contributed by atoms with Gasteiger partial charge in [0.1, 0.15) is 0 Å². The molecule has 1 atom stereocenters. The minimum absolute atomic E-state index is 0. The average Bonchev–Trinajstić information content (AvgIpc) is 2.83. The quantitative estimate of drug-likeness (QED) is 0.880. The maximum absolute atomic E-state index is 13.0. The molecule has 108 valence electrons. The van der Waals surface area contributed by atoms with Crippen LogP contribution in [-0.4, -0.2) is 28.1 Å². The lowest BCUT2D eigenvalue weighted by molar-refractivity contribution is 0.503. The van der Waals surface area contributed by atoms with Crippen molar-refractivity contribution in [1.29, 1.82) is 0 Å². The summed E-state index contributed by atoms with van der Waals surface area (Å²) in [5.41, 5.74) is 0.